The highest BCUT2D eigenvalue weighted by Gasteiger charge is 2.55. The van der Waals surface area contributed by atoms with Gasteiger partial charge in [-0.2, -0.15) is 0 Å². The van der Waals surface area contributed by atoms with Crippen molar-refractivity contribution in [1.29, 1.82) is 0 Å². The van der Waals surface area contributed by atoms with Crippen LogP contribution in [0.15, 0.2) is 34.6 Å². The van der Waals surface area contributed by atoms with Gasteiger partial charge in [0.25, 0.3) is 0 Å². The van der Waals surface area contributed by atoms with Crippen molar-refractivity contribution in [2.45, 2.75) is 52.0 Å². The molecule has 1 saturated carbocycles. The molecule has 3 amide bonds. The first-order valence-electron chi connectivity index (χ1n) is 12.7. The summed E-state index contributed by atoms with van der Waals surface area (Å²) in [4.78, 5) is 57.6. The van der Waals surface area contributed by atoms with Crippen LogP contribution in [0, 0.1) is 17.3 Å². The predicted octanol–water partition coefficient (Wildman–Crippen LogP) is 2.33. The van der Waals surface area contributed by atoms with E-state index in [0.717, 1.165) is 12.8 Å². The molecule has 2 aliphatic heterocycles. The Bertz CT molecular complexity index is 1020. The van der Waals surface area contributed by atoms with Crippen molar-refractivity contribution in [3.63, 3.8) is 0 Å². The van der Waals surface area contributed by atoms with Gasteiger partial charge in [0, 0.05) is 50.1 Å². The standard InChI is InChI=1S/C26H33N3O6/c1-2-34-25(33)26-9-3-6-21(26)29(17-20-5-4-14-35-20)24(32)19(16-26)15-22(30)27-10-12-28(13-11-27)23(31)18-7-8-18/h4-6,14,18-19H,2-3,7-13,15-17H2,1H3/t19-,26+/m1/s1. The number of nitrogens with zero attached hydrogens (tertiary/aromatic N) is 3. The second-order valence-electron chi connectivity index (χ2n) is 10.0. The predicted molar refractivity (Wildman–Crippen MR) is 124 cm³/mol. The van der Waals surface area contributed by atoms with E-state index in [1.807, 2.05) is 11.0 Å². The minimum absolute atomic E-state index is 0.0402. The first-order chi connectivity index (χ1) is 16.9. The summed E-state index contributed by atoms with van der Waals surface area (Å²) in [5, 5.41) is 0. The normalized spacial score (nSPS) is 26.4. The Balaban J connectivity index is 1.31. The van der Waals surface area contributed by atoms with Gasteiger partial charge in [-0.1, -0.05) is 6.08 Å². The van der Waals surface area contributed by atoms with Crippen molar-refractivity contribution in [2.75, 3.05) is 32.8 Å². The topological polar surface area (TPSA) is 100 Å². The van der Waals surface area contributed by atoms with E-state index < -0.39 is 11.3 Å². The molecule has 3 fully saturated rings. The zero-order chi connectivity index (χ0) is 24.6. The van der Waals surface area contributed by atoms with Crippen LogP contribution in [0.25, 0.3) is 0 Å². The molecule has 0 bridgehead atoms. The van der Waals surface area contributed by atoms with Crippen molar-refractivity contribution in [3.8, 4) is 0 Å². The smallest absolute Gasteiger partial charge is 0.318 e. The molecule has 5 rings (SSSR count). The molecule has 0 radical (unpaired) electrons. The number of furan rings is 1. The van der Waals surface area contributed by atoms with E-state index in [2.05, 4.69) is 0 Å². The van der Waals surface area contributed by atoms with E-state index in [1.54, 1.807) is 35.1 Å². The second-order valence-corrected chi connectivity index (χ2v) is 10.0. The van der Waals surface area contributed by atoms with Gasteiger partial charge in [0.05, 0.1) is 19.4 Å². The van der Waals surface area contributed by atoms with Crippen molar-refractivity contribution in [3.05, 3.63) is 35.9 Å². The zero-order valence-corrected chi connectivity index (χ0v) is 20.2. The third kappa shape index (κ3) is 4.48. The molecule has 0 aromatic carbocycles. The molecule has 0 spiro atoms. The Morgan fingerprint density at radius 3 is 2.54 bits per heavy atom. The number of carbonyl (C=O) groups is 4. The lowest BCUT2D eigenvalue weighted by Crippen LogP contribution is -2.54. The molecule has 2 saturated heterocycles. The van der Waals surface area contributed by atoms with E-state index in [9.17, 15) is 19.2 Å². The van der Waals surface area contributed by atoms with E-state index >= 15 is 0 Å². The highest BCUT2D eigenvalue weighted by molar-refractivity contribution is 5.92. The number of likely N-dealkylation sites (tertiary alicyclic amines) is 1. The van der Waals surface area contributed by atoms with E-state index in [-0.39, 0.29) is 55.6 Å². The highest BCUT2D eigenvalue weighted by atomic mass is 16.5. The van der Waals surface area contributed by atoms with Crippen molar-refractivity contribution < 1.29 is 28.3 Å². The van der Waals surface area contributed by atoms with E-state index in [1.165, 1.54) is 0 Å². The van der Waals surface area contributed by atoms with E-state index in [4.69, 9.17) is 9.15 Å². The van der Waals surface area contributed by atoms with Gasteiger partial charge in [-0.05, 0) is 51.2 Å². The lowest BCUT2D eigenvalue weighted by atomic mass is 9.71. The van der Waals surface area contributed by atoms with Crippen LogP contribution in [0.2, 0.25) is 0 Å². The summed E-state index contributed by atoms with van der Waals surface area (Å²) in [6.45, 7) is 4.26. The average molecular weight is 484 g/mol. The first-order valence-corrected chi connectivity index (χ1v) is 12.7. The van der Waals surface area contributed by atoms with Gasteiger partial charge in [0.1, 0.15) is 11.2 Å². The van der Waals surface area contributed by atoms with E-state index in [0.29, 0.717) is 50.5 Å². The number of amides is 3. The summed E-state index contributed by atoms with van der Waals surface area (Å²) < 4.78 is 11.0. The monoisotopic (exact) mass is 483 g/mol. The fourth-order valence-electron chi connectivity index (χ4n) is 5.75. The fourth-order valence-corrected chi connectivity index (χ4v) is 5.75. The molecule has 9 heteroatoms. The van der Waals surface area contributed by atoms with Crippen LogP contribution in [0.3, 0.4) is 0 Å². The molecule has 35 heavy (non-hydrogen) atoms. The molecule has 2 atom stereocenters. The number of carbonyl (C=O) groups excluding carboxylic acids is 4. The fraction of sp³-hybridized carbons (Fsp3) is 0.615. The Morgan fingerprint density at radius 2 is 1.89 bits per heavy atom. The average Bonchev–Trinajstić information content (AvgIpc) is 3.41. The summed E-state index contributed by atoms with van der Waals surface area (Å²) >= 11 is 0. The number of allylic oxidation sites excluding steroid dienone is 1. The minimum atomic E-state index is -0.920. The molecular formula is C26H33N3O6. The lowest BCUT2D eigenvalue weighted by Gasteiger charge is -2.44. The van der Waals surface area contributed by atoms with Crippen LogP contribution >= 0.6 is 0 Å². The van der Waals surface area contributed by atoms with Gasteiger partial charge < -0.3 is 23.9 Å². The summed E-state index contributed by atoms with van der Waals surface area (Å²) in [7, 11) is 0. The molecular weight excluding hydrogens is 450 g/mol. The van der Waals surface area contributed by atoms with Crippen LogP contribution in [-0.4, -0.2) is 71.2 Å². The van der Waals surface area contributed by atoms with Crippen LogP contribution in [0.1, 0.15) is 51.2 Å². The van der Waals surface area contributed by atoms with Gasteiger partial charge in [-0.15, -0.1) is 0 Å². The third-order valence-electron chi connectivity index (χ3n) is 7.75. The van der Waals surface area contributed by atoms with Crippen molar-refractivity contribution >= 4 is 23.7 Å². The van der Waals surface area contributed by atoms with Gasteiger partial charge in [-0.25, -0.2) is 0 Å². The Hall–Kier alpha value is -3.10. The molecule has 2 aliphatic carbocycles. The van der Waals surface area contributed by atoms with Crippen LogP contribution < -0.4 is 0 Å². The van der Waals surface area contributed by atoms with Crippen molar-refractivity contribution in [2.24, 2.45) is 17.3 Å². The molecule has 188 valence electrons. The maximum Gasteiger partial charge on any atom is 0.318 e. The molecule has 4 aliphatic rings. The number of hydrogen-bond donors (Lipinski definition) is 0. The number of hydrogen-bond acceptors (Lipinski definition) is 6. The van der Waals surface area contributed by atoms with Gasteiger partial charge in [0.15, 0.2) is 0 Å². The summed E-state index contributed by atoms with van der Waals surface area (Å²) in [5.74, 6) is -0.231. The van der Waals surface area contributed by atoms with Gasteiger partial charge in [0.2, 0.25) is 17.7 Å². The maximum atomic E-state index is 13.6. The first kappa shape index (κ1) is 23.6. The molecule has 1 aromatic rings. The van der Waals surface area contributed by atoms with Crippen LogP contribution in [0.5, 0.6) is 0 Å². The largest absolute Gasteiger partial charge is 0.467 e. The zero-order valence-electron chi connectivity index (χ0n) is 20.2. The Morgan fingerprint density at radius 1 is 1.14 bits per heavy atom. The number of ether oxygens (including phenoxy) is 1. The number of piperazine rings is 1. The number of piperidine rings is 1. The van der Waals surface area contributed by atoms with Crippen LogP contribution in [0.4, 0.5) is 0 Å². The summed E-state index contributed by atoms with van der Waals surface area (Å²) in [6, 6.07) is 3.56. The lowest BCUT2D eigenvalue weighted by molar-refractivity contribution is -0.161. The van der Waals surface area contributed by atoms with Gasteiger partial charge >= 0.3 is 5.97 Å². The van der Waals surface area contributed by atoms with Crippen LogP contribution in [-0.2, 0) is 30.5 Å². The Labute approximate surface area is 205 Å². The SMILES string of the molecule is CCOC(=O)[C@]12CCC=C1N(Cc1ccco1)C(=O)[C@H](CC(=O)N1CCN(C(=O)C3CC3)CC1)C2. The quantitative estimate of drug-likeness (QED) is 0.552. The second kappa shape index (κ2) is 9.51. The summed E-state index contributed by atoms with van der Waals surface area (Å²) in [5.41, 5.74) is -0.245. The van der Waals surface area contributed by atoms with Crippen molar-refractivity contribution in [1.82, 2.24) is 14.7 Å². The molecule has 3 heterocycles. The molecule has 9 nitrogen and oxygen atoms in total. The van der Waals surface area contributed by atoms with Gasteiger partial charge in [-0.3, -0.25) is 19.2 Å². The third-order valence-corrected chi connectivity index (χ3v) is 7.75. The molecule has 1 aromatic heterocycles. The number of rotatable bonds is 7. The summed E-state index contributed by atoms with van der Waals surface area (Å²) in [6.07, 6.45) is 6.99. The highest BCUT2D eigenvalue weighted by Crippen LogP contribution is 2.51. The number of esters is 1. The minimum Gasteiger partial charge on any atom is -0.467 e. The maximum absolute atomic E-state index is 13.6. The Kier molecular flexibility index (Phi) is 6.42. The number of fused-ring (bicyclic) bond motifs is 1. The molecule has 0 unspecified atom stereocenters. The molecule has 0 N–H and O–H groups in total.